The molecule has 4 rings (SSSR count). The fourth-order valence-electron chi connectivity index (χ4n) is 3.59. The molecule has 0 spiro atoms. The number of carbonyl (C=O) groups is 2. The Balaban J connectivity index is 1.54. The summed E-state index contributed by atoms with van der Waals surface area (Å²) in [4.78, 5) is 24.5. The standard InChI is InChI=1S/C23H20F2N4O4/c1-14(30)26-11-18-13-29(23(31)33-18)17-3-4-19(20(24)9-17)16-2-5-22(21(25)8-16)28-7-6-15(12-28)10-27-32/h2-10,12,18,32H,11,13H2,1H3,(H,26,30)/t18-/m0/s1. The van der Waals surface area contributed by atoms with E-state index in [2.05, 4.69) is 10.5 Å². The SMILES string of the molecule is CC(=O)NC[C@H]1CN(c2ccc(-c3ccc(-n4ccc(C=NO)c4)c(F)c3)c(F)c2)C(=O)O1. The van der Waals surface area contributed by atoms with Crippen molar-refractivity contribution in [3.05, 3.63) is 72.1 Å². The molecule has 3 aromatic rings. The summed E-state index contributed by atoms with van der Waals surface area (Å²) >= 11 is 0. The zero-order chi connectivity index (χ0) is 23.5. The van der Waals surface area contributed by atoms with Gasteiger partial charge in [-0.25, -0.2) is 13.6 Å². The van der Waals surface area contributed by atoms with Gasteiger partial charge in [-0.05, 0) is 42.0 Å². The van der Waals surface area contributed by atoms with E-state index in [0.717, 1.165) is 0 Å². The molecule has 0 radical (unpaired) electrons. The summed E-state index contributed by atoms with van der Waals surface area (Å²) in [5, 5.41) is 14.1. The minimum absolute atomic E-state index is 0.166. The number of aromatic nitrogens is 1. The normalized spacial score (nSPS) is 15.8. The molecule has 33 heavy (non-hydrogen) atoms. The number of oxime groups is 1. The highest BCUT2D eigenvalue weighted by molar-refractivity contribution is 5.90. The highest BCUT2D eigenvalue weighted by Crippen LogP contribution is 2.30. The van der Waals surface area contributed by atoms with E-state index < -0.39 is 23.8 Å². The van der Waals surface area contributed by atoms with Gasteiger partial charge in [-0.2, -0.15) is 0 Å². The maximum Gasteiger partial charge on any atom is 0.414 e. The third-order valence-electron chi connectivity index (χ3n) is 5.18. The number of ether oxygens (including phenoxy) is 1. The van der Waals surface area contributed by atoms with Crippen molar-refractivity contribution >= 4 is 23.9 Å². The Labute approximate surface area is 187 Å². The van der Waals surface area contributed by atoms with Crippen LogP contribution in [0.5, 0.6) is 0 Å². The molecule has 10 heteroatoms. The molecule has 0 saturated carbocycles. The highest BCUT2D eigenvalue weighted by atomic mass is 19.1. The third kappa shape index (κ3) is 4.69. The van der Waals surface area contributed by atoms with Crippen LogP contribution in [0.25, 0.3) is 16.8 Å². The average molecular weight is 454 g/mol. The summed E-state index contributed by atoms with van der Waals surface area (Å²) in [6.07, 6.45) is 3.24. The van der Waals surface area contributed by atoms with Crippen molar-refractivity contribution in [3.8, 4) is 16.8 Å². The number of halogens is 2. The van der Waals surface area contributed by atoms with Gasteiger partial charge in [-0.1, -0.05) is 11.2 Å². The van der Waals surface area contributed by atoms with Gasteiger partial charge in [0.1, 0.15) is 17.7 Å². The number of hydrogen-bond acceptors (Lipinski definition) is 5. The summed E-state index contributed by atoms with van der Waals surface area (Å²) in [7, 11) is 0. The van der Waals surface area contributed by atoms with Gasteiger partial charge in [0.2, 0.25) is 5.91 Å². The lowest BCUT2D eigenvalue weighted by Gasteiger charge is -2.15. The van der Waals surface area contributed by atoms with Crippen molar-refractivity contribution in [2.45, 2.75) is 13.0 Å². The van der Waals surface area contributed by atoms with E-state index in [1.165, 1.54) is 46.9 Å². The molecule has 0 aliphatic carbocycles. The zero-order valence-corrected chi connectivity index (χ0v) is 17.5. The van der Waals surface area contributed by atoms with E-state index in [-0.39, 0.29) is 30.2 Å². The molecular formula is C23H20F2N4O4. The van der Waals surface area contributed by atoms with Gasteiger partial charge in [-0.15, -0.1) is 0 Å². The van der Waals surface area contributed by atoms with Crippen molar-refractivity contribution < 1.29 is 28.3 Å². The molecule has 0 unspecified atom stereocenters. The van der Waals surface area contributed by atoms with E-state index in [4.69, 9.17) is 9.94 Å². The molecule has 1 atom stereocenters. The number of amides is 2. The van der Waals surface area contributed by atoms with Crippen molar-refractivity contribution in [2.24, 2.45) is 5.16 Å². The number of carbonyl (C=O) groups excluding carboxylic acids is 2. The monoisotopic (exact) mass is 454 g/mol. The lowest BCUT2D eigenvalue weighted by molar-refractivity contribution is -0.119. The Morgan fingerprint density at radius 2 is 2.06 bits per heavy atom. The second-order valence-electron chi connectivity index (χ2n) is 7.48. The van der Waals surface area contributed by atoms with Gasteiger partial charge in [0.05, 0.1) is 30.7 Å². The molecule has 1 aliphatic rings. The Morgan fingerprint density at radius 1 is 1.24 bits per heavy atom. The lowest BCUT2D eigenvalue weighted by atomic mass is 10.0. The maximum absolute atomic E-state index is 14.9. The molecule has 1 aromatic heterocycles. The van der Waals surface area contributed by atoms with Gasteiger partial charge in [0, 0.05) is 30.4 Å². The lowest BCUT2D eigenvalue weighted by Crippen LogP contribution is -2.33. The predicted molar refractivity (Wildman–Crippen MR) is 117 cm³/mol. The topological polar surface area (TPSA) is 96.2 Å². The first kappa shape index (κ1) is 22.0. The Morgan fingerprint density at radius 3 is 2.76 bits per heavy atom. The number of cyclic esters (lactones) is 1. The van der Waals surface area contributed by atoms with Gasteiger partial charge < -0.3 is 19.8 Å². The molecule has 2 amide bonds. The number of nitrogens with one attached hydrogen (secondary N) is 1. The highest BCUT2D eigenvalue weighted by Gasteiger charge is 2.32. The van der Waals surface area contributed by atoms with Gasteiger partial charge in [0.25, 0.3) is 0 Å². The van der Waals surface area contributed by atoms with Crippen LogP contribution in [0.2, 0.25) is 0 Å². The molecule has 2 aromatic carbocycles. The van der Waals surface area contributed by atoms with Crippen LogP contribution in [0, 0.1) is 11.6 Å². The van der Waals surface area contributed by atoms with E-state index in [9.17, 15) is 18.4 Å². The van der Waals surface area contributed by atoms with E-state index in [1.54, 1.807) is 30.6 Å². The third-order valence-corrected chi connectivity index (χ3v) is 5.18. The summed E-state index contributed by atoms with van der Waals surface area (Å²) in [5.41, 5.74) is 1.64. The minimum atomic E-state index is -0.634. The summed E-state index contributed by atoms with van der Waals surface area (Å²) in [6, 6.07) is 10.2. The number of anilines is 1. The first-order valence-electron chi connectivity index (χ1n) is 10.0. The van der Waals surface area contributed by atoms with Crippen molar-refractivity contribution in [1.82, 2.24) is 9.88 Å². The average Bonchev–Trinajstić information content (AvgIpc) is 3.39. The van der Waals surface area contributed by atoms with Crippen molar-refractivity contribution in [2.75, 3.05) is 18.0 Å². The van der Waals surface area contributed by atoms with Crippen molar-refractivity contribution in [1.29, 1.82) is 0 Å². The molecule has 2 N–H and O–H groups in total. The van der Waals surface area contributed by atoms with E-state index in [0.29, 0.717) is 16.8 Å². The fourth-order valence-corrected chi connectivity index (χ4v) is 3.59. The van der Waals surface area contributed by atoms with Crippen LogP contribution in [0.3, 0.4) is 0 Å². The Kier molecular flexibility index (Phi) is 6.07. The number of benzene rings is 2. The first-order valence-corrected chi connectivity index (χ1v) is 10.0. The summed E-state index contributed by atoms with van der Waals surface area (Å²) < 4.78 is 36.4. The molecule has 170 valence electrons. The van der Waals surface area contributed by atoms with Gasteiger partial charge in [-0.3, -0.25) is 9.69 Å². The molecule has 0 bridgehead atoms. The summed E-state index contributed by atoms with van der Waals surface area (Å²) in [5.74, 6) is -1.43. The number of rotatable bonds is 6. The molecular weight excluding hydrogens is 434 g/mol. The minimum Gasteiger partial charge on any atom is -0.442 e. The smallest absolute Gasteiger partial charge is 0.414 e. The van der Waals surface area contributed by atoms with Crippen LogP contribution < -0.4 is 10.2 Å². The largest absolute Gasteiger partial charge is 0.442 e. The molecule has 1 aliphatic heterocycles. The van der Waals surface area contributed by atoms with E-state index >= 15 is 0 Å². The molecule has 8 nitrogen and oxygen atoms in total. The van der Waals surface area contributed by atoms with Crippen LogP contribution in [0.15, 0.2) is 60.0 Å². The van der Waals surface area contributed by atoms with Crippen LogP contribution in [-0.4, -0.2) is 47.2 Å². The van der Waals surface area contributed by atoms with Gasteiger partial charge >= 0.3 is 6.09 Å². The first-order chi connectivity index (χ1) is 15.9. The fraction of sp³-hybridized carbons (Fsp3) is 0.174. The van der Waals surface area contributed by atoms with Crippen LogP contribution in [-0.2, 0) is 9.53 Å². The van der Waals surface area contributed by atoms with Crippen LogP contribution in [0.4, 0.5) is 19.3 Å². The molecule has 1 saturated heterocycles. The molecule has 2 heterocycles. The second-order valence-corrected chi connectivity index (χ2v) is 7.48. The van der Waals surface area contributed by atoms with Crippen molar-refractivity contribution in [3.63, 3.8) is 0 Å². The van der Waals surface area contributed by atoms with Gasteiger partial charge in [0.15, 0.2) is 0 Å². The molecule has 1 fully saturated rings. The van der Waals surface area contributed by atoms with E-state index in [1.807, 2.05) is 0 Å². The predicted octanol–water partition coefficient (Wildman–Crippen LogP) is 3.69. The Bertz CT molecular complexity index is 1240. The maximum atomic E-state index is 14.9. The quantitative estimate of drug-likeness (QED) is 0.337. The number of nitrogens with zero attached hydrogens (tertiary/aromatic N) is 3. The Hall–Kier alpha value is -4.21. The summed E-state index contributed by atoms with van der Waals surface area (Å²) in [6.45, 7) is 1.69. The second kappa shape index (κ2) is 9.11. The zero-order valence-electron chi connectivity index (χ0n) is 17.5. The number of hydrogen-bond donors (Lipinski definition) is 2. The van der Waals surface area contributed by atoms with Crippen LogP contribution >= 0.6 is 0 Å². The van der Waals surface area contributed by atoms with Crippen LogP contribution in [0.1, 0.15) is 12.5 Å².